The molecule has 1 aromatic carbocycles. The van der Waals surface area contributed by atoms with Crippen LogP contribution >= 0.6 is 0 Å². The van der Waals surface area contributed by atoms with E-state index in [-0.39, 0.29) is 41.0 Å². The first-order chi connectivity index (χ1) is 13.6. The lowest BCUT2D eigenvalue weighted by atomic mass is 10.2. The van der Waals surface area contributed by atoms with Gasteiger partial charge in [-0.1, -0.05) is 0 Å². The van der Waals surface area contributed by atoms with Gasteiger partial charge in [-0.25, -0.2) is 16.8 Å². The summed E-state index contributed by atoms with van der Waals surface area (Å²) in [7, 11) is -6.00. The molecule has 0 radical (unpaired) electrons. The smallest absolute Gasteiger partial charge is 0.243 e. The number of hydrogen-bond acceptors (Lipinski definition) is 7. The number of ether oxygens (including phenoxy) is 1. The van der Waals surface area contributed by atoms with E-state index in [2.05, 4.69) is 5.32 Å². The number of furan rings is 1. The van der Waals surface area contributed by atoms with Crippen molar-refractivity contribution in [1.29, 1.82) is 0 Å². The van der Waals surface area contributed by atoms with Gasteiger partial charge in [0.1, 0.15) is 11.5 Å². The predicted octanol–water partition coefficient (Wildman–Crippen LogP) is 1.62. The van der Waals surface area contributed by atoms with Crippen LogP contribution in [-0.2, 0) is 31.2 Å². The zero-order chi connectivity index (χ0) is 21.2. The number of anilines is 1. The highest BCUT2D eigenvalue weighted by molar-refractivity contribution is 7.92. The predicted molar refractivity (Wildman–Crippen MR) is 106 cm³/mol. The number of nitrogens with one attached hydrogen (secondary N) is 1. The number of rotatable bonds is 7. The molecule has 1 saturated heterocycles. The highest BCUT2D eigenvalue weighted by Crippen LogP contribution is 2.32. The van der Waals surface area contributed by atoms with Gasteiger partial charge in [0.25, 0.3) is 0 Å². The Morgan fingerprint density at radius 1 is 1.34 bits per heavy atom. The van der Waals surface area contributed by atoms with Gasteiger partial charge in [-0.15, -0.1) is 0 Å². The average Bonchev–Trinajstić information content (AvgIpc) is 3.28. The summed E-state index contributed by atoms with van der Waals surface area (Å²) in [4.78, 5) is 11.4. The van der Waals surface area contributed by atoms with Crippen molar-refractivity contribution in [3.05, 3.63) is 42.4 Å². The summed E-state index contributed by atoms with van der Waals surface area (Å²) in [5, 5.41) is 2.54. The third kappa shape index (κ3) is 4.80. The number of sulfonamides is 1. The van der Waals surface area contributed by atoms with Crippen LogP contribution in [0.25, 0.3) is 0 Å². The first-order valence-corrected chi connectivity index (χ1v) is 12.1. The van der Waals surface area contributed by atoms with E-state index in [0.717, 1.165) is 4.31 Å². The van der Waals surface area contributed by atoms with Crippen molar-refractivity contribution in [1.82, 2.24) is 4.31 Å². The molecule has 1 aliphatic rings. The van der Waals surface area contributed by atoms with Gasteiger partial charge in [-0.05, 0) is 36.8 Å². The first kappa shape index (κ1) is 21.3. The summed E-state index contributed by atoms with van der Waals surface area (Å²) in [6.45, 7) is 1.20. The van der Waals surface area contributed by atoms with E-state index in [1.807, 2.05) is 0 Å². The molecule has 2 heterocycles. The van der Waals surface area contributed by atoms with Crippen molar-refractivity contribution in [3.63, 3.8) is 0 Å². The number of hydrogen-bond donors (Lipinski definition) is 1. The van der Waals surface area contributed by atoms with Crippen molar-refractivity contribution >= 4 is 31.5 Å². The van der Waals surface area contributed by atoms with Crippen molar-refractivity contribution in [3.8, 4) is 5.75 Å². The van der Waals surface area contributed by atoms with Crippen LogP contribution < -0.4 is 10.1 Å². The molecule has 0 bridgehead atoms. The van der Waals surface area contributed by atoms with Gasteiger partial charge in [0, 0.05) is 13.0 Å². The summed E-state index contributed by atoms with van der Waals surface area (Å²) >= 11 is 0. The molecule has 1 amide bonds. The Hall–Kier alpha value is -2.37. The van der Waals surface area contributed by atoms with Crippen LogP contribution in [-0.4, -0.2) is 51.7 Å². The molecule has 158 valence electrons. The molecule has 29 heavy (non-hydrogen) atoms. The lowest BCUT2D eigenvalue weighted by molar-refractivity contribution is -0.114. The number of carbonyl (C=O) groups is 1. The van der Waals surface area contributed by atoms with Gasteiger partial charge in [-0.3, -0.25) is 4.79 Å². The van der Waals surface area contributed by atoms with Crippen LogP contribution in [0.15, 0.2) is 45.9 Å². The van der Waals surface area contributed by atoms with E-state index in [1.54, 1.807) is 12.1 Å². The van der Waals surface area contributed by atoms with E-state index in [1.165, 1.54) is 38.5 Å². The van der Waals surface area contributed by atoms with Gasteiger partial charge >= 0.3 is 0 Å². The molecule has 1 aliphatic heterocycles. The number of benzene rings is 1. The Morgan fingerprint density at radius 2 is 2.10 bits per heavy atom. The van der Waals surface area contributed by atoms with E-state index in [4.69, 9.17) is 9.15 Å². The Bertz CT molecular complexity index is 1090. The molecule has 0 unspecified atom stereocenters. The fraction of sp³-hybridized carbons (Fsp3) is 0.389. The van der Waals surface area contributed by atoms with E-state index in [9.17, 15) is 21.6 Å². The Morgan fingerprint density at radius 3 is 2.66 bits per heavy atom. The fourth-order valence-electron chi connectivity index (χ4n) is 3.24. The molecule has 0 aliphatic carbocycles. The highest BCUT2D eigenvalue weighted by Gasteiger charge is 2.39. The Balaban J connectivity index is 2.03. The molecular formula is C18H22N2O7S2. The van der Waals surface area contributed by atoms with Crippen LogP contribution in [0.5, 0.6) is 5.75 Å². The topological polar surface area (TPSA) is 123 Å². The minimum absolute atomic E-state index is 0.0679. The van der Waals surface area contributed by atoms with Gasteiger partial charge < -0.3 is 14.5 Å². The molecule has 11 heteroatoms. The number of carbonyl (C=O) groups excluding carboxylic acids is 1. The molecule has 2 aromatic rings. The van der Waals surface area contributed by atoms with Crippen molar-refractivity contribution in [2.24, 2.45) is 0 Å². The van der Waals surface area contributed by atoms with Crippen LogP contribution in [0.1, 0.15) is 19.1 Å². The average molecular weight is 443 g/mol. The lowest BCUT2D eigenvalue weighted by Crippen LogP contribution is -2.40. The molecule has 1 atom stereocenters. The monoisotopic (exact) mass is 442 g/mol. The summed E-state index contributed by atoms with van der Waals surface area (Å²) in [6, 6.07) is 6.65. The molecule has 9 nitrogen and oxygen atoms in total. The van der Waals surface area contributed by atoms with E-state index >= 15 is 0 Å². The van der Waals surface area contributed by atoms with Crippen LogP contribution in [0.2, 0.25) is 0 Å². The third-order valence-corrected chi connectivity index (χ3v) is 8.24. The SMILES string of the molecule is COc1ccc(S(=O)(=O)N(Cc2ccco2)[C@H]2CCS(=O)(=O)C2)cc1NC(C)=O. The number of amides is 1. The van der Waals surface area contributed by atoms with Crippen LogP contribution in [0.4, 0.5) is 5.69 Å². The first-order valence-electron chi connectivity index (χ1n) is 8.82. The van der Waals surface area contributed by atoms with E-state index in [0.29, 0.717) is 11.5 Å². The van der Waals surface area contributed by atoms with Crippen LogP contribution in [0, 0.1) is 0 Å². The quantitative estimate of drug-likeness (QED) is 0.691. The number of methoxy groups -OCH3 is 1. The molecule has 0 spiro atoms. The number of sulfone groups is 1. The maximum Gasteiger partial charge on any atom is 0.243 e. The third-order valence-electron chi connectivity index (χ3n) is 4.60. The lowest BCUT2D eigenvalue weighted by Gasteiger charge is -2.27. The van der Waals surface area contributed by atoms with Gasteiger partial charge in [-0.2, -0.15) is 4.31 Å². The molecule has 3 rings (SSSR count). The second-order valence-electron chi connectivity index (χ2n) is 6.73. The standard InChI is InChI=1S/C18H22N2O7S2/c1-13(21)19-17-10-16(5-6-18(17)26-2)29(24,25)20(11-15-4-3-8-27-15)14-7-9-28(22,23)12-14/h3-6,8,10,14H,7,9,11-12H2,1-2H3,(H,19,21)/t14-/m0/s1. The second kappa shape index (κ2) is 8.17. The zero-order valence-electron chi connectivity index (χ0n) is 16.0. The molecule has 1 fully saturated rings. The maximum absolute atomic E-state index is 13.4. The van der Waals surface area contributed by atoms with E-state index < -0.39 is 25.9 Å². The summed E-state index contributed by atoms with van der Waals surface area (Å²) in [5.41, 5.74) is 0.207. The largest absolute Gasteiger partial charge is 0.495 e. The zero-order valence-corrected chi connectivity index (χ0v) is 17.6. The minimum Gasteiger partial charge on any atom is -0.495 e. The summed E-state index contributed by atoms with van der Waals surface area (Å²) in [6.07, 6.45) is 1.63. The van der Waals surface area contributed by atoms with Crippen LogP contribution in [0.3, 0.4) is 0 Å². The van der Waals surface area contributed by atoms with Crippen molar-refractivity contribution in [2.75, 3.05) is 23.9 Å². The maximum atomic E-state index is 13.4. The molecular weight excluding hydrogens is 420 g/mol. The molecule has 1 aromatic heterocycles. The number of nitrogens with zero attached hydrogens (tertiary/aromatic N) is 1. The molecule has 1 N–H and O–H groups in total. The summed E-state index contributed by atoms with van der Waals surface area (Å²) in [5.74, 6) is 0.00398. The Kier molecular flexibility index (Phi) is 6.01. The normalized spacial score (nSPS) is 18.7. The van der Waals surface area contributed by atoms with Gasteiger partial charge in [0.2, 0.25) is 15.9 Å². The summed E-state index contributed by atoms with van der Waals surface area (Å²) < 4.78 is 62.4. The molecule has 0 saturated carbocycles. The van der Waals surface area contributed by atoms with Gasteiger partial charge in [0.05, 0.1) is 42.0 Å². The van der Waals surface area contributed by atoms with Gasteiger partial charge in [0.15, 0.2) is 9.84 Å². The highest BCUT2D eigenvalue weighted by atomic mass is 32.2. The minimum atomic E-state index is -4.09. The van der Waals surface area contributed by atoms with Crippen molar-refractivity contribution in [2.45, 2.75) is 30.8 Å². The Labute approximate surface area is 169 Å². The van der Waals surface area contributed by atoms with Crippen molar-refractivity contribution < 1.29 is 30.8 Å². The second-order valence-corrected chi connectivity index (χ2v) is 10.8. The fourth-order valence-corrected chi connectivity index (χ4v) is 6.71.